The van der Waals surface area contributed by atoms with Crippen LogP contribution >= 0.6 is 0 Å². The van der Waals surface area contributed by atoms with E-state index in [0.29, 0.717) is 18.8 Å². The van der Waals surface area contributed by atoms with Crippen LogP contribution in [0.2, 0.25) is 0 Å². The summed E-state index contributed by atoms with van der Waals surface area (Å²) in [7, 11) is -3.02. The van der Waals surface area contributed by atoms with Gasteiger partial charge in [-0.05, 0) is 63.3 Å². The monoisotopic (exact) mass is 475 g/mol. The Morgan fingerprint density at radius 1 is 1.18 bits per heavy atom. The predicted octanol–water partition coefficient (Wildman–Crippen LogP) is 3.27. The summed E-state index contributed by atoms with van der Waals surface area (Å²) in [5.74, 6) is 0.321. The van der Waals surface area contributed by atoms with Gasteiger partial charge in [-0.2, -0.15) is 0 Å². The molecule has 1 atom stereocenters. The average Bonchev–Trinajstić information content (AvgIpc) is 3.47. The fraction of sp³-hybridized carbons (Fsp3) is 0.583. The first-order valence-corrected chi connectivity index (χ1v) is 13.7. The molecule has 0 spiro atoms. The van der Waals surface area contributed by atoms with Crippen LogP contribution in [-0.2, 0) is 19.4 Å². The number of rotatable bonds is 6. The molecule has 180 valence electrons. The Hall–Kier alpha value is -2.55. The number of amides is 2. The molecule has 2 heterocycles. The lowest BCUT2D eigenvalue weighted by Gasteiger charge is -2.41. The molecule has 9 heteroatoms. The molecule has 2 aliphatic heterocycles. The van der Waals surface area contributed by atoms with Gasteiger partial charge in [-0.25, -0.2) is 13.2 Å². The van der Waals surface area contributed by atoms with Crippen LogP contribution in [0, 0.1) is 5.92 Å². The van der Waals surface area contributed by atoms with Crippen molar-refractivity contribution in [2.24, 2.45) is 5.92 Å². The van der Waals surface area contributed by atoms with E-state index in [1.807, 2.05) is 55.0 Å². The van der Waals surface area contributed by atoms with Crippen molar-refractivity contribution >= 4 is 38.8 Å². The number of fused-ring (bicyclic) bond motifs is 1. The fourth-order valence-electron chi connectivity index (χ4n) is 4.42. The number of hydrogen-bond acceptors (Lipinski definition) is 6. The predicted molar refractivity (Wildman–Crippen MR) is 129 cm³/mol. The van der Waals surface area contributed by atoms with E-state index in [4.69, 9.17) is 4.74 Å². The second kappa shape index (κ2) is 9.00. The molecule has 4 rings (SSSR count). The van der Waals surface area contributed by atoms with Gasteiger partial charge in [-0.1, -0.05) is 6.07 Å². The Bertz CT molecular complexity index is 1080. The van der Waals surface area contributed by atoms with E-state index in [1.165, 1.54) is 6.26 Å². The van der Waals surface area contributed by atoms with Crippen LogP contribution < -0.4 is 9.80 Å². The zero-order chi connectivity index (χ0) is 23.9. The summed E-state index contributed by atoms with van der Waals surface area (Å²) < 4.78 is 28.5. The molecule has 0 radical (unpaired) electrons. The molecule has 0 N–H and O–H groups in total. The van der Waals surface area contributed by atoms with Gasteiger partial charge in [0.15, 0.2) is 0 Å². The summed E-state index contributed by atoms with van der Waals surface area (Å²) in [6, 6.07) is 5.73. The van der Waals surface area contributed by atoms with E-state index in [0.717, 1.165) is 42.6 Å². The maximum Gasteiger partial charge on any atom is 0.414 e. The molecular formula is C24H33N3O5S. The number of sulfone groups is 1. The van der Waals surface area contributed by atoms with E-state index in [1.54, 1.807) is 4.90 Å². The molecule has 1 fully saturated rings. The van der Waals surface area contributed by atoms with Gasteiger partial charge >= 0.3 is 6.09 Å². The van der Waals surface area contributed by atoms with E-state index >= 15 is 0 Å². The van der Waals surface area contributed by atoms with Gasteiger partial charge < -0.3 is 14.5 Å². The number of benzene rings is 1. The molecule has 3 aliphatic rings. The number of hydrogen-bond donors (Lipinski definition) is 0. The summed E-state index contributed by atoms with van der Waals surface area (Å²) in [4.78, 5) is 31.5. The molecular weight excluding hydrogens is 442 g/mol. The first-order valence-electron chi connectivity index (χ1n) is 11.6. The minimum atomic E-state index is -3.02. The molecule has 1 aliphatic carbocycles. The number of carbonyl (C=O) groups is 2. The van der Waals surface area contributed by atoms with Crippen molar-refractivity contribution in [2.75, 3.05) is 41.4 Å². The lowest BCUT2D eigenvalue weighted by molar-refractivity contribution is -0.120. The SMILES string of the molecule is CC(C)OC(=O)N1C[C@H](C)N(C(=O)C2CC2)c2ccc(C3=CN(CCS(C)(=O)=O)CC3)cc21. The summed E-state index contributed by atoms with van der Waals surface area (Å²) >= 11 is 0. The van der Waals surface area contributed by atoms with Crippen molar-refractivity contribution in [1.82, 2.24) is 4.90 Å². The Morgan fingerprint density at radius 2 is 1.91 bits per heavy atom. The van der Waals surface area contributed by atoms with Gasteiger partial charge in [-0.15, -0.1) is 0 Å². The molecule has 2 amide bonds. The zero-order valence-electron chi connectivity index (χ0n) is 19.8. The van der Waals surface area contributed by atoms with Crippen molar-refractivity contribution in [3.05, 3.63) is 30.0 Å². The van der Waals surface area contributed by atoms with Crippen LogP contribution in [0.25, 0.3) is 5.57 Å². The minimum absolute atomic E-state index is 0.0788. The standard InChI is InChI=1S/C24H33N3O5S/c1-16(2)32-24(29)26-14-17(3)27(23(28)18-5-6-18)21-8-7-19(13-22(21)26)20-9-10-25(15-20)11-12-33(4,30)31/h7-8,13,15-18H,5-6,9-12,14H2,1-4H3/t17-/m0/s1. The highest BCUT2D eigenvalue weighted by Crippen LogP contribution is 2.42. The molecule has 0 bridgehead atoms. The van der Waals surface area contributed by atoms with Crippen molar-refractivity contribution in [3.8, 4) is 0 Å². The summed E-state index contributed by atoms with van der Waals surface area (Å²) in [6.07, 6.45) is 5.23. The highest BCUT2D eigenvalue weighted by Gasteiger charge is 2.41. The minimum Gasteiger partial charge on any atom is -0.446 e. The molecule has 0 unspecified atom stereocenters. The third-order valence-electron chi connectivity index (χ3n) is 6.26. The van der Waals surface area contributed by atoms with E-state index in [-0.39, 0.29) is 29.7 Å². The highest BCUT2D eigenvalue weighted by molar-refractivity contribution is 7.90. The Kier molecular flexibility index (Phi) is 6.44. The van der Waals surface area contributed by atoms with Gasteiger partial charge in [0.2, 0.25) is 5.91 Å². The van der Waals surface area contributed by atoms with Crippen molar-refractivity contribution in [3.63, 3.8) is 0 Å². The number of nitrogens with zero attached hydrogens (tertiary/aromatic N) is 3. The quantitative estimate of drug-likeness (QED) is 0.628. The third-order valence-corrected chi connectivity index (χ3v) is 7.19. The second-order valence-corrected chi connectivity index (χ2v) is 11.9. The van der Waals surface area contributed by atoms with Crippen molar-refractivity contribution in [2.45, 2.75) is 52.2 Å². The van der Waals surface area contributed by atoms with Gasteiger partial charge in [0.25, 0.3) is 0 Å². The summed E-state index contributed by atoms with van der Waals surface area (Å²) in [5.41, 5.74) is 3.47. The maximum absolute atomic E-state index is 13.0. The first kappa shape index (κ1) is 23.6. The average molecular weight is 476 g/mol. The number of anilines is 2. The van der Waals surface area contributed by atoms with Gasteiger partial charge in [0.05, 0.1) is 29.3 Å². The summed E-state index contributed by atoms with van der Waals surface area (Å²) in [5, 5.41) is 0. The molecule has 8 nitrogen and oxygen atoms in total. The lowest BCUT2D eigenvalue weighted by Crippen LogP contribution is -2.52. The van der Waals surface area contributed by atoms with Gasteiger partial charge in [-0.3, -0.25) is 9.69 Å². The van der Waals surface area contributed by atoms with Crippen LogP contribution in [0.4, 0.5) is 16.2 Å². The van der Waals surface area contributed by atoms with E-state index in [9.17, 15) is 18.0 Å². The van der Waals surface area contributed by atoms with Crippen LogP contribution in [-0.4, -0.2) is 69.1 Å². The van der Waals surface area contributed by atoms with Gasteiger partial charge in [0.1, 0.15) is 9.84 Å². The van der Waals surface area contributed by atoms with Crippen LogP contribution in [0.1, 0.15) is 45.6 Å². The first-order chi connectivity index (χ1) is 15.5. The normalized spacial score (nSPS) is 20.7. The van der Waals surface area contributed by atoms with Crippen molar-refractivity contribution < 1.29 is 22.7 Å². The summed E-state index contributed by atoms with van der Waals surface area (Å²) in [6.45, 7) is 7.19. The number of ether oxygens (including phenoxy) is 1. The Balaban J connectivity index is 1.66. The Labute approximate surface area is 196 Å². The highest BCUT2D eigenvalue weighted by atomic mass is 32.2. The molecule has 0 aromatic heterocycles. The largest absolute Gasteiger partial charge is 0.446 e. The zero-order valence-corrected chi connectivity index (χ0v) is 20.6. The van der Waals surface area contributed by atoms with Gasteiger partial charge in [0, 0.05) is 38.0 Å². The fourth-order valence-corrected chi connectivity index (χ4v) is 4.98. The molecule has 1 aromatic rings. The molecule has 0 saturated heterocycles. The van der Waals surface area contributed by atoms with Crippen LogP contribution in [0.5, 0.6) is 0 Å². The smallest absolute Gasteiger partial charge is 0.414 e. The van der Waals surface area contributed by atoms with Crippen molar-refractivity contribution in [1.29, 1.82) is 0 Å². The van der Waals surface area contributed by atoms with Crippen LogP contribution in [0.15, 0.2) is 24.4 Å². The molecule has 1 saturated carbocycles. The number of carbonyl (C=O) groups excluding carboxylic acids is 2. The van der Waals surface area contributed by atoms with E-state index in [2.05, 4.69) is 0 Å². The Morgan fingerprint density at radius 3 is 2.55 bits per heavy atom. The molecule has 1 aromatic carbocycles. The molecule has 33 heavy (non-hydrogen) atoms. The second-order valence-electron chi connectivity index (χ2n) is 9.65. The van der Waals surface area contributed by atoms with E-state index < -0.39 is 15.9 Å². The third kappa shape index (κ3) is 5.34. The topological polar surface area (TPSA) is 87.2 Å². The van der Waals surface area contributed by atoms with Crippen LogP contribution in [0.3, 0.4) is 0 Å². The maximum atomic E-state index is 13.0. The lowest BCUT2D eigenvalue weighted by atomic mass is 10.00.